The third-order valence-electron chi connectivity index (χ3n) is 6.52. The fourth-order valence-corrected chi connectivity index (χ4v) is 4.60. The number of nitrogens with zero attached hydrogens (tertiary/aromatic N) is 2. The number of halogens is 1. The zero-order valence-corrected chi connectivity index (χ0v) is 21.1. The van der Waals surface area contributed by atoms with Crippen molar-refractivity contribution >= 4 is 16.8 Å². The molecule has 1 aromatic heterocycles. The normalized spacial score (nSPS) is 12.9. The summed E-state index contributed by atoms with van der Waals surface area (Å²) in [4.78, 5) is 19.8. The van der Waals surface area contributed by atoms with Crippen LogP contribution in [-0.2, 0) is 6.54 Å². The monoisotopic (exact) mass is 502 g/mol. The van der Waals surface area contributed by atoms with Crippen molar-refractivity contribution in [1.29, 1.82) is 0 Å². The first-order valence-corrected chi connectivity index (χ1v) is 11.8. The zero-order valence-electron chi connectivity index (χ0n) is 21.1. The van der Waals surface area contributed by atoms with Gasteiger partial charge in [-0.3, -0.25) is 4.79 Å². The second-order valence-corrected chi connectivity index (χ2v) is 8.80. The molecule has 0 saturated heterocycles. The minimum Gasteiger partial charge on any atom is -0.493 e. The summed E-state index contributed by atoms with van der Waals surface area (Å²) >= 11 is 0. The minimum atomic E-state index is -0.385. The lowest BCUT2D eigenvalue weighted by molar-refractivity contribution is 0.0733. The first kappa shape index (κ1) is 24.4. The Hall–Kier alpha value is -4.33. The number of carbonyl (C=O) groups is 1. The lowest BCUT2D eigenvalue weighted by Gasteiger charge is -2.20. The van der Waals surface area contributed by atoms with Crippen LogP contribution in [0.1, 0.15) is 21.5 Å². The lowest BCUT2D eigenvalue weighted by Crippen LogP contribution is -2.32. The van der Waals surface area contributed by atoms with E-state index in [4.69, 9.17) is 23.9 Å². The minimum absolute atomic E-state index is 0.193. The van der Waals surface area contributed by atoms with Gasteiger partial charge in [0.15, 0.2) is 23.0 Å². The molecule has 5 rings (SSSR count). The number of aromatic nitrogens is 1. The van der Waals surface area contributed by atoms with Gasteiger partial charge in [0.2, 0.25) is 0 Å². The van der Waals surface area contributed by atoms with Crippen LogP contribution in [0.15, 0.2) is 54.6 Å². The van der Waals surface area contributed by atoms with Gasteiger partial charge < -0.3 is 23.8 Å². The van der Waals surface area contributed by atoms with E-state index in [2.05, 4.69) is 0 Å². The second kappa shape index (κ2) is 9.97. The summed E-state index contributed by atoms with van der Waals surface area (Å²) in [5.74, 6) is 1.83. The predicted molar refractivity (Wildman–Crippen MR) is 138 cm³/mol. The molecule has 8 heteroatoms. The quantitative estimate of drug-likeness (QED) is 0.364. The summed E-state index contributed by atoms with van der Waals surface area (Å²) in [5.41, 5.74) is 4.59. The van der Waals surface area contributed by atoms with Gasteiger partial charge in [-0.1, -0.05) is 0 Å². The molecule has 0 spiro atoms. The number of methoxy groups -OCH3 is 3. The molecule has 1 aliphatic heterocycles. The summed E-state index contributed by atoms with van der Waals surface area (Å²) in [5, 5.41) is 0.961. The summed E-state index contributed by atoms with van der Waals surface area (Å²) in [6.07, 6.45) is 0. The molecule has 0 radical (unpaired) electrons. The molecule has 7 nitrogen and oxygen atoms in total. The average Bonchev–Trinajstić information content (AvgIpc) is 3.14. The van der Waals surface area contributed by atoms with Gasteiger partial charge in [-0.15, -0.1) is 0 Å². The fraction of sp³-hybridized carbons (Fsp3) is 0.241. The highest BCUT2D eigenvalue weighted by Crippen LogP contribution is 2.40. The van der Waals surface area contributed by atoms with Crippen molar-refractivity contribution in [1.82, 2.24) is 9.88 Å². The van der Waals surface area contributed by atoms with E-state index in [1.54, 1.807) is 26.2 Å². The Balaban J connectivity index is 1.56. The molecule has 190 valence electrons. The number of ether oxygens (including phenoxy) is 4. The van der Waals surface area contributed by atoms with Gasteiger partial charge >= 0.3 is 0 Å². The SMILES string of the molecule is COc1cc2nc(-c3cc4c(c(OC)c3)OCCN(C(=O)c3ccc(F)cc3)C4)cc(C)c2cc1OC. The Labute approximate surface area is 214 Å². The van der Waals surface area contributed by atoms with E-state index in [0.717, 1.165) is 33.3 Å². The molecule has 0 atom stereocenters. The molecule has 2 heterocycles. The van der Waals surface area contributed by atoms with E-state index in [-0.39, 0.29) is 11.7 Å². The smallest absolute Gasteiger partial charge is 0.254 e. The number of amides is 1. The number of aryl methyl sites for hydroxylation is 1. The van der Waals surface area contributed by atoms with E-state index in [1.807, 2.05) is 37.3 Å². The second-order valence-electron chi connectivity index (χ2n) is 8.80. The third-order valence-corrected chi connectivity index (χ3v) is 6.52. The molecule has 3 aromatic carbocycles. The molecule has 1 amide bonds. The molecule has 0 aliphatic carbocycles. The number of benzene rings is 3. The van der Waals surface area contributed by atoms with Crippen molar-refractivity contribution in [3.05, 3.63) is 77.1 Å². The maximum atomic E-state index is 13.4. The van der Waals surface area contributed by atoms with Crippen LogP contribution in [0, 0.1) is 12.7 Å². The van der Waals surface area contributed by atoms with Crippen molar-refractivity contribution in [3.63, 3.8) is 0 Å². The van der Waals surface area contributed by atoms with Crippen LogP contribution in [0.4, 0.5) is 4.39 Å². The Morgan fingerprint density at radius 2 is 1.65 bits per heavy atom. The highest BCUT2D eigenvalue weighted by Gasteiger charge is 2.25. The Morgan fingerprint density at radius 1 is 0.946 bits per heavy atom. The van der Waals surface area contributed by atoms with E-state index < -0.39 is 0 Å². The van der Waals surface area contributed by atoms with Crippen LogP contribution in [0.5, 0.6) is 23.0 Å². The number of carbonyl (C=O) groups excluding carboxylic acids is 1. The van der Waals surface area contributed by atoms with E-state index in [0.29, 0.717) is 48.3 Å². The lowest BCUT2D eigenvalue weighted by atomic mass is 10.0. The van der Waals surface area contributed by atoms with Crippen molar-refractivity contribution in [2.24, 2.45) is 0 Å². The third kappa shape index (κ3) is 4.62. The maximum absolute atomic E-state index is 13.4. The van der Waals surface area contributed by atoms with E-state index >= 15 is 0 Å². The van der Waals surface area contributed by atoms with Crippen molar-refractivity contribution in [2.75, 3.05) is 34.5 Å². The van der Waals surface area contributed by atoms with Crippen molar-refractivity contribution < 1.29 is 28.1 Å². The molecule has 0 bridgehead atoms. The topological polar surface area (TPSA) is 70.1 Å². The largest absolute Gasteiger partial charge is 0.493 e. The highest BCUT2D eigenvalue weighted by atomic mass is 19.1. The van der Waals surface area contributed by atoms with Crippen LogP contribution in [-0.4, -0.2) is 50.3 Å². The van der Waals surface area contributed by atoms with E-state index in [9.17, 15) is 9.18 Å². The first-order chi connectivity index (χ1) is 17.9. The van der Waals surface area contributed by atoms with Gasteiger partial charge in [0.25, 0.3) is 5.91 Å². The fourth-order valence-electron chi connectivity index (χ4n) is 4.60. The Kier molecular flexibility index (Phi) is 6.56. The molecule has 0 saturated carbocycles. The Bertz CT molecular complexity index is 1490. The molecular formula is C29H27FN2O5. The predicted octanol–water partition coefficient (Wildman–Crippen LogP) is 5.41. The van der Waals surface area contributed by atoms with Gasteiger partial charge in [-0.05, 0) is 61.0 Å². The average molecular weight is 503 g/mol. The summed E-state index contributed by atoms with van der Waals surface area (Å²) in [7, 11) is 4.79. The van der Waals surface area contributed by atoms with Gasteiger partial charge in [-0.2, -0.15) is 0 Å². The Morgan fingerprint density at radius 3 is 2.35 bits per heavy atom. The summed E-state index contributed by atoms with van der Waals surface area (Å²) in [6, 6.07) is 15.2. The number of pyridine rings is 1. The van der Waals surface area contributed by atoms with Crippen LogP contribution in [0.3, 0.4) is 0 Å². The number of rotatable bonds is 5. The zero-order chi connectivity index (χ0) is 26.1. The number of fused-ring (bicyclic) bond motifs is 2. The summed E-state index contributed by atoms with van der Waals surface area (Å²) < 4.78 is 36.0. The molecule has 0 unspecified atom stereocenters. The molecule has 37 heavy (non-hydrogen) atoms. The molecule has 0 fully saturated rings. The van der Waals surface area contributed by atoms with Crippen LogP contribution >= 0.6 is 0 Å². The van der Waals surface area contributed by atoms with Crippen molar-refractivity contribution in [2.45, 2.75) is 13.5 Å². The van der Waals surface area contributed by atoms with Gasteiger partial charge in [0.1, 0.15) is 12.4 Å². The van der Waals surface area contributed by atoms with Crippen LogP contribution < -0.4 is 18.9 Å². The standard InChI is InChI=1S/C29H27FN2O5/c1-17-11-23(31-24-15-26(35-3)25(34-2)14-22(17)24)19-12-20-16-32(9-10-37-28(20)27(13-19)36-4)29(33)18-5-7-21(30)8-6-18/h5-8,11-15H,9-10,16H2,1-4H3. The van der Waals surface area contributed by atoms with Crippen LogP contribution in [0.25, 0.3) is 22.2 Å². The van der Waals surface area contributed by atoms with Gasteiger partial charge in [0.05, 0.1) is 39.1 Å². The first-order valence-electron chi connectivity index (χ1n) is 11.8. The molecule has 1 aliphatic rings. The molecule has 0 N–H and O–H groups in total. The van der Waals surface area contributed by atoms with Crippen LogP contribution in [0.2, 0.25) is 0 Å². The van der Waals surface area contributed by atoms with Gasteiger partial charge in [-0.25, -0.2) is 9.37 Å². The van der Waals surface area contributed by atoms with Crippen molar-refractivity contribution in [3.8, 4) is 34.3 Å². The number of hydrogen-bond donors (Lipinski definition) is 0. The summed E-state index contributed by atoms with van der Waals surface area (Å²) in [6.45, 7) is 3.03. The molecular weight excluding hydrogens is 475 g/mol. The number of hydrogen-bond acceptors (Lipinski definition) is 6. The van der Waals surface area contributed by atoms with E-state index in [1.165, 1.54) is 24.3 Å². The molecule has 4 aromatic rings. The maximum Gasteiger partial charge on any atom is 0.254 e. The highest BCUT2D eigenvalue weighted by molar-refractivity contribution is 5.94. The van der Waals surface area contributed by atoms with Gasteiger partial charge in [0, 0.05) is 34.7 Å².